The minimum absolute atomic E-state index is 0.613. The molecule has 0 saturated carbocycles. The summed E-state index contributed by atoms with van der Waals surface area (Å²) in [6.45, 7) is 4.41. The summed E-state index contributed by atoms with van der Waals surface area (Å²) in [4.78, 5) is 4.15. The Morgan fingerprint density at radius 2 is 2.25 bits per heavy atom. The van der Waals surface area contributed by atoms with E-state index in [0.29, 0.717) is 18.1 Å². The maximum Gasteiger partial charge on any atom is 0.149 e. The zero-order valence-electron chi connectivity index (χ0n) is 9.32. The van der Waals surface area contributed by atoms with Gasteiger partial charge in [0.25, 0.3) is 0 Å². The second-order valence-electron chi connectivity index (χ2n) is 3.60. The van der Waals surface area contributed by atoms with Gasteiger partial charge >= 0.3 is 0 Å². The first-order chi connectivity index (χ1) is 7.68. The van der Waals surface area contributed by atoms with Gasteiger partial charge in [0.1, 0.15) is 11.6 Å². The van der Waals surface area contributed by atoms with E-state index in [9.17, 15) is 0 Å². The third kappa shape index (κ3) is 1.98. The normalized spacial score (nSPS) is 10.4. The second-order valence-corrected chi connectivity index (χ2v) is 3.60. The van der Waals surface area contributed by atoms with Gasteiger partial charge in [0, 0.05) is 18.3 Å². The summed E-state index contributed by atoms with van der Waals surface area (Å²) in [6, 6.07) is 3.61. The van der Waals surface area contributed by atoms with Crippen molar-refractivity contribution in [2.75, 3.05) is 11.1 Å². The van der Waals surface area contributed by atoms with E-state index >= 15 is 0 Å². The number of nitrogens with zero attached hydrogens (tertiary/aromatic N) is 2. The quantitative estimate of drug-likeness (QED) is 0.822. The Bertz CT molecular complexity index is 473. The number of nitrogens with two attached hydrogens (primary N) is 1. The van der Waals surface area contributed by atoms with Crippen LogP contribution in [0.1, 0.15) is 17.0 Å². The molecule has 0 bridgehead atoms. The van der Waals surface area contributed by atoms with Crippen LogP contribution in [0.25, 0.3) is 0 Å². The van der Waals surface area contributed by atoms with E-state index in [-0.39, 0.29) is 0 Å². The van der Waals surface area contributed by atoms with Crippen LogP contribution in [-0.4, -0.2) is 10.1 Å². The minimum atomic E-state index is 0.613. The number of aryl methyl sites for hydroxylation is 2. The molecule has 0 aliphatic carbocycles. The smallest absolute Gasteiger partial charge is 0.149 e. The number of hydrogen-bond donors (Lipinski definition) is 2. The standard InChI is InChI=1S/C11H14N4O/c1-7-9(8(2)16-15-7)6-14-11-10(12)4-3-5-13-11/h3-5H,6,12H2,1-2H3,(H,13,14). The van der Waals surface area contributed by atoms with E-state index in [4.69, 9.17) is 10.3 Å². The number of hydrogen-bond acceptors (Lipinski definition) is 5. The molecule has 0 aromatic carbocycles. The van der Waals surface area contributed by atoms with Gasteiger partial charge in [0.05, 0.1) is 11.4 Å². The van der Waals surface area contributed by atoms with Gasteiger partial charge in [-0.1, -0.05) is 5.16 Å². The summed E-state index contributed by atoms with van der Waals surface area (Å²) in [5.74, 6) is 1.50. The molecule has 84 valence electrons. The molecule has 2 aromatic heterocycles. The molecule has 5 heteroatoms. The fraction of sp³-hybridized carbons (Fsp3) is 0.273. The molecule has 0 spiro atoms. The van der Waals surface area contributed by atoms with Crippen molar-refractivity contribution in [2.45, 2.75) is 20.4 Å². The number of nitrogen functional groups attached to an aromatic ring is 1. The van der Waals surface area contributed by atoms with Crippen LogP contribution in [0.2, 0.25) is 0 Å². The highest BCUT2D eigenvalue weighted by molar-refractivity contribution is 5.60. The summed E-state index contributed by atoms with van der Waals surface area (Å²) >= 11 is 0. The third-order valence-electron chi connectivity index (χ3n) is 2.45. The van der Waals surface area contributed by atoms with E-state index in [1.165, 1.54) is 0 Å². The summed E-state index contributed by atoms with van der Waals surface area (Å²) in [5.41, 5.74) is 8.34. The second kappa shape index (κ2) is 4.22. The van der Waals surface area contributed by atoms with Crippen LogP contribution >= 0.6 is 0 Å². The van der Waals surface area contributed by atoms with Crippen LogP contribution in [0.4, 0.5) is 11.5 Å². The first-order valence-electron chi connectivity index (χ1n) is 5.04. The molecule has 2 aromatic rings. The van der Waals surface area contributed by atoms with Crippen LogP contribution in [0.5, 0.6) is 0 Å². The molecule has 16 heavy (non-hydrogen) atoms. The number of aromatic nitrogens is 2. The van der Waals surface area contributed by atoms with Gasteiger partial charge in [-0.3, -0.25) is 0 Å². The van der Waals surface area contributed by atoms with Crippen molar-refractivity contribution in [3.8, 4) is 0 Å². The Hall–Kier alpha value is -2.04. The summed E-state index contributed by atoms with van der Waals surface area (Å²) in [7, 11) is 0. The Morgan fingerprint density at radius 1 is 1.44 bits per heavy atom. The fourth-order valence-corrected chi connectivity index (χ4v) is 1.49. The van der Waals surface area contributed by atoms with E-state index in [1.54, 1.807) is 12.3 Å². The maximum atomic E-state index is 5.77. The lowest BCUT2D eigenvalue weighted by Crippen LogP contribution is -2.05. The zero-order valence-corrected chi connectivity index (χ0v) is 9.32. The lowest BCUT2D eigenvalue weighted by molar-refractivity contribution is 0.392. The van der Waals surface area contributed by atoms with Gasteiger partial charge < -0.3 is 15.6 Å². The molecule has 0 saturated heterocycles. The van der Waals surface area contributed by atoms with E-state index in [1.807, 2.05) is 19.9 Å². The Morgan fingerprint density at radius 3 is 2.88 bits per heavy atom. The highest BCUT2D eigenvalue weighted by atomic mass is 16.5. The Kier molecular flexibility index (Phi) is 2.76. The van der Waals surface area contributed by atoms with Gasteiger partial charge in [-0.2, -0.15) is 0 Å². The number of nitrogens with one attached hydrogen (secondary N) is 1. The van der Waals surface area contributed by atoms with Crippen LogP contribution in [0, 0.1) is 13.8 Å². The van der Waals surface area contributed by atoms with Gasteiger partial charge in [0.15, 0.2) is 0 Å². The molecular weight excluding hydrogens is 204 g/mol. The lowest BCUT2D eigenvalue weighted by atomic mass is 10.2. The van der Waals surface area contributed by atoms with Gasteiger partial charge in [-0.05, 0) is 26.0 Å². The summed E-state index contributed by atoms with van der Waals surface area (Å²) in [6.07, 6.45) is 1.70. The monoisotopic (exact) mass is 218 g/mol. The molecule has 3 N–H and O–H groups in total. The first kappa shape index (κ1) is 10.5. The van der Waals surface area contributed by atoms with Crippen molar-refractivity contribution in [1.82, 2.24) is 10.1 Å². The maximum absolute atomic E-state index is 5.77. The molecule has 2 heterocycles. The van der Waals surface area contributed by atoms with Crippen LogP contribution < -0.4 is 11.1 Å². The molecule has 0 aliphatic heterocycles. The molecule has 0 aliphatic rings. The van der Waals surface area contributed by atoms with Crippen molar-refractivity contribution >= 4 is 11.5 Å². The topological polar surface area (TPSA) is 77.0 Å². The summed E-state index contributed by atoms with van der Waals surface area (Å²) < 4.78 is 5.07. The zero-order chi connectivity index (χ0) is 11.5. The third-order valence-corrected chi connectivity index (χ3v) is 2.45. The number of pyridine rings is 1. The molecule has 5 nitrogen and oxygen atoms in total. The molecule has 2 rings (SSSR count). The minimum Gasteiger partial charge on any atom is -0.396 e. The number of rotatable bonds is 3. The van der Waals surface area contributed by atoms with Crippen molar-refractivity contribution in [3.05, 3.63) is 35.3 Å². The average Bonchev–Trinajstić information content (AvgIpc) is 2.58. The fourth-order valence-electron chi connectivity index (χ4n) is 1.49. The van der Waals surface area contributed by atoms with E-state index in [0.717, 1.165) is 17.0 Å². The van der Waals surface area contributed by atoms with Gasteiger partial charge in [-0.25, -0.2) is 4.98 Å². The highest BCUT2D eigenvalue weighted by Gasteiger charge is 2.09. The molecule has 0 unspecified atom stereocenters. The number of anilines is 2. The molecular formula is C11H14N4O. The highest BCUT2D eigenvalue weighted by Crippen LogP contribution is 2.17. The van der Waals surface area contributed by atoms with Crippen LogP contribution in [0.3, 0.4) is 0 Å². The lowest BCUT2D eigenvalue weighted by Gasteiger charge is -2.06. The average molecular weight is 218 g/mol. The van der Waals surface area contributed by atoms with Crippen LogP contribution in [-0.2, 0) is 6.54 Å². The van der Waals surface area contributed by atoms with E-state index in [2.05, 4.69) is 15.5 Å². The van der Waals surface area contributed by atoms with Crippen molar-refractivity contribution in [2.24, 2.45) is 0 Å². The van der Waals surface area contributed by atoms with Crippen molar-refractivity contribution in [1.29, 1.82) is 0 Å². The molecule has 0 amide bonds. The van der Waals surface area contributed by atoms with Gasteiger partial charge in [0.2, 0.25) is 0 Å². The largest absolute Gasteiger partial charge is 0.396 e. The van der Waals surface area contributed by atoms with Crippen molar-refractivity contribution < 1.29 is 4.52 Å². The first-order valence-corrected chi connectivity index (χ1v) is 5.04. The predicted octanol–water partition coefficient (Wildman–Crippen LogP) is 1.88. The Labute approximate surface area is 93.7 Å². The predicted molar refractivity (Wildman–Crippen MR) is 62.0 cm³/mol. The van der Waals surface area contributed by atoms with E-state index < -0.39 is 0 Å². The molecule has 0 fully saturated rings. The summed E-state index contributed by atoms with van der Waals surface area (Å²) in [5, 5.41) is 7.05. The van der Waals surface area contributed by atoms with Crippen LogP contribution in [0.15, 0.2) is 22.9 Å². The molecule has 0 radical (unpaired) electrons. The molecule has 0 atom stereocenters. The SMILES string of the molecule is Cc1noc(C)c1CNc1ncccc1N. The van der Waals surface area contributed by atoms with Gasteiger partial charge in [-0.15, -0.1) is 0 Å². The Balaban J connectivity index is 2.11. The van der Waals surface area contributed by atoms with Crippen molar-refractivity contribution in [3.63, 3.8) is 0 Å².